The molecule has 2 saturated heterocycles. The topological polar surface area (TPSA) is 12.5 Å². The molecule has 2 aliphatic rings. The highest BCUT2D eigenvalue weighted by Crippen LogP contribution is 2.31. The lowest BCUT2D eigenvalue weighted by Gasteiger charge is -2.37. The zero-order chi connectivity index (χ0) is 11.8. The van der Waals surface area contributed by atoms with E-state index >= 15 is 0 Å². The smallest absolute Gasteiger partial charge is 0.0468 e. The summed E-state index contributed by atoms with van der Waals surface area (Å²) in [6.45, 7) is 12.2. The highest BCUT2D eigenvalue weighted by Gasteiger charge is 2.27. The lowest BCUT2D eigenvalue weighted by atomic mass is 9.80. The van der Waals surface area contributed by atoms with E-state index in [0.717, 1.165) is 25.0 Å². The molecular weight excluding hydrogens is 198 g/mol. The fourth-order valence-corrected chi connectivity index (χ4v) is 2.93. The van der Waals surface area contributed by atoms with Crippen molar-refractivity contribution in [1.29, 1.82) is 0 Å². The Morgan fingerprint density at radius 2 is 1.44 bits per heavy atom. The van der Waals surface area contributed by atoms with Crippen LogP contribution in [0.1, 0.15) is 46.5 Å². The second-order valence-corrected chi connectivity index (χ2v) is 4.72. The van der Waals surface area contributed by atoms with E-state index in [2.05, 4.69) is 11.8 Å². The standard InChI is InChI=1S/C12H23NO.C2H6/c1-2-13-7-3-11(4-8-13)12-5-9-14-10-6-12;1-2/h11-12H,2-10H2,1H3;1-2H3. The van der Waals surface area contributed by atoms with Gasteiger partial charge in [-0.1, -0.05) is 20.8 Å². The molecular formula is C14H29NO. The second kappa shape index (κ2) is 8.08. The first-order valence-corrected chi connectivity index (χ1v) is 7.20. The Morgan fingerprint density at radius 3 is 1.94 bits per heavy atom. The normalized spacial score (nSPS) is 24.9. The molecule has 0 aliphatic carbocycles. The van der Waals surface area contributed by atoms with E-state index < -0.39 is 0 Å². The molecule has 0 atom stereocenters. The molecule has 0 aromatic rings. The van der Waals surface area contributed by atoms with Crippen LogP contribution < -0.4 is 0 Å². The van der Waals surface area contributed by atoms with E-state index in [1.165, 1.54) is 45.3 Å². The molecule has 2 aliphatic heterocycles. The van der Waals surface area contributed by atoms with Crippen LogP contribution in [-0.4, -0.2) is 37.7 Å². The molecule has 0 spiro atoms. The van der Waals surface area contributed by atoms with Crippen molar-refractivity contribution >= 4 is 0 Å². The van der Waals surface area contributed by atoms with Gasteiger partial charge in [-0.05, 0) is 57.2 Å². The van der Waals surface area contributed by atoms with E-state index in [9.17, 15) is 0 Å². The van der Waals surface area contributed by atoms with E-state index in [4.69, 9.17) is 4.74 Å². The van der Waals surface area contributed by atoms with Gasteiger partial charge in [-0.3, -0.25) is 0 Å². The lowest BCUT2D eigenvalue weighted by molar-refractivity contribution is 0.0310. The summed E-state index contributed by atoms with van der Waals surface area (Å²) in [7, 11) is 0. The minimum atomic E-state index is 0.975. The molecule has 2 rings (SSSR count). The average molecular weight is 227 g/mol. The molecule has 0 unspecified atom stereocenters. The van der Waals surface area contributed by atoms with Crippen LogP contribution >= 0.6 is 0 Å². The van der Waals surface area contributed by atoms with Crippen LogP contribution in [0.4, 0.5) is 0 Å². The molecule has 2 fully saturated rings. The number of nitrogens with zero attached hydrogens (tertiary/aromatic N) is 1. The second-order valence-electron chi connectivity index (χ2n) is 4.72. The molecule has 16 heavy (non-hydrogen) atoms. The van der Waals surface area contributed by atoms with E-state index in [1.807, 2.05) is 13.8 Å². The molecule has 2 nitrogen and oxygen atoms in total. The monoisotopic (exact) mass is 227 g/mol. The van der Waals surface area contributed by atoms with Gasteiger partial charge >= 0.3 is 0 Å². The van der Waals surface area contributed by atoms with Crippen molar-refractivity contribution < 1.29 is 4.74 Å². The fraction of sp³-hybridized carbons (Fsp3) is 1.00. The van der Waals surface area contributed by atoms with Crippen LogP contribution in [0.15, 0.2) is 0 Å². The third kappa shape index (κ3) is 4.06. The Hall–Kier alpha value is -0.0800. The van der Waals surface area contributed by atoms with Gasteiger partial charge in [0.1, 0.15) is 0 Å². The molecule has 0 amide bonds. The summed E-state index contributed by atoms with van der Waals surface area (Å²) >= 11 is 0. The lowest BCUT2D eigenvalue weighted by Crippen LogP contribution is -2.37. The molecule has 0 aromatic heterocycles. The summed E-state index contributed by atoms with van der Waals surface area (Å²) < 4.78 is 5.42. The van der Waals surface area contributed by atoms with Crippen molar-refractivity contribution in [2.75, 3.05) is 32.8 Å². The average Bonchev–Trinajstić information content (AvgIpc) is 2.42. The molecule has 2 heterocycles. The number of ether oxygens (including phenoxy) is 1. The maximum Gasteiger partial charge on any atom is 0.0468 e. The highest BCUT2D eigenvalue weighted by atomic mass is 16.5. The fourth-order valence-electron chi connectivity index (χ4n) is 2.93. The van der Waals surface area contributed by atoms with Crippen LogP contribution in [0.25, 0.3) is 0 Å². The highest BCUT2D eigenvalue weighted by molar-refractivity contribution is 4.78. The van der Waals surface area contributed by atoms with Crippen molar-refractivity contribution in [3.8, 4) is 0 Å². The molecule has 0 aromatic carbocycles. The number of likely N-dealkylation sites (tertiary alicyclic amines) is 1. The van der Waals surface area contributed by atoms with Gasteiger partial charge in [0.25, 0.3) is 0 Å². The Morgan fingerprint density at radius 1 is 0.938 bits per heavy atom. The van der Waals surface area contributed by atoms with Crippen molar-refractivity contribution in [2.45, 2.75) is 46.5 Å². The van der Waals surface area contributed by atoms with Gasteiger partial charge in [0, 0.05) is 13.2 Å². The van der Waals surface area contributed by atoms with Crippen LogP contribution in [0.2, 0.25) is 0 Å². The van der Waals surface area contributed by atoms with Gasteiger partial charge in [-0.25, -0.2) is 0 Å². The minimum absolute atomic E-state index is 0.975. The predicted molar refractivity (Wildman–Crippen MR) is 69.7 cm³/mol. The van der Waals surface area contributed by atoms with Crippen LogP contribution in [0.5, 0.6) is 0 Å². The Bertz CT molecular complexity index is 158. The summed E-state index contributed by atoms with van der Waals surface area (Å²) in [5.41, 5.74) is 0. The zero-order valence-corrected chi connectivity index (χ0v) is 11.4. The summed E-state index contributed by atoms with van der Waals surface area (Å²) in [5.74, 6) is 1.98. The largest absolute Gasteiger partial charge is 0.381 e. The minimum Gasteiger partial charge on any atom is -0.381 e. The SMILES string of the molecule is CC.CCN1CCC(C2CCOCC2)CC1. The maximum atomic E-state index is 5.42. The van der Waals surface area contributed by atoms with Crippen molar-refractivity contribution in [2.24, 2.45) is 11.8 Å². The van der Waals surface area contributed by atoms with Gasteiger partial charge in [-0.15, -0.1) is 0 Å². The van der Waals surface area contributed by atoms with E-state index in [0.29, 0.717) is 0 Å². The van der Waals surface area contributed by atoms with Gasteiger partial charge in [0.2, 0.25) is 0 Å². The number of hydrogen-bond acceptors (Lipinski definition) is 2. The first-order chi connectivity index (χ1) is 7.90. The molecule has 0 saturated carbocycles. The third-order valence-corrected chi connectivity index (χ3v) is 4.01. The number of piperidine rings is 1. The third-order valence-electron chi connectivity index (χ3n) is 4.01. The molecule has 0 radical (unpaired) electrons. The molecule has 96 valence electrons. The van der Waals surface area contributed by atoms with Crippen LogP contribution in [-0.2, 0) is 4.74 Å². The maximum absolute atomic E-state index is 5.42. The summed E-state index contributed by atoms with van der Waals surface area (Å²) in [6, 6.07) is 0. The van der Waals surface area contributed by atoms with Crippen LogP contribution in [0.3, 0.4) is 0 Å². The van der Waals surface area contributed by atoms with Crippen molar-refractivity contribution in [3.05, 3.63) is 0 Å². The summed E-state index contributed by atoms with van der Waals surface area (Å²) in [5, 5.41) is 0. The Kier molecular flexibility index (Phi) is 7.06. The first-order valence-electron chi connectivity index (χ1n) is 7.20. The van der Waals surface area contributed by atoms with Gasteiger partial charge in [-0.2, -0.15) is 0 Å². The van der Waals surface area contributed by atoms with Gasteiger partial charge in [0.15, 0.2) is 0 Å². The van der Waals surface area contributed by atoms with Crippen molar-refractivity contribution in [1.82, 2.24) is 4.90 Å². The number of hydrogen-bond donors (Lipinski definition) is 0. The van der Waals surface area contributed by atoms with E-state index in [-0.39, 0.29) is 0 Å². The first kappa shape index (κ1) is 14.0. The van der Waals surface area contributed by atoms with Gasteiger partial charge < -0.3 is 9.64 Å². The quantitative estimate of drug-likeness (QED) is 0.718. The molecule has 2 heteroatoms. The number of rotatable bonds is 2. The molecule has 0 N–H and O–H groups in total. The predicted octanol–water partition coefficient (Wildman–Crippen LogP) is 3.17. The Labute approximate surface area is 101 Å². The summed E-state index contributed by atoms with van der Waals surface area (Å²) in [6.07, 6.45) is 5.49. The van der Waals surface area contributed by atoms with Crippen molar-refractivity contribution in [3.63, 3.8) is 0 Å². The summed E-state index contributed by atoms with van der Waals surface area (Å²) in [4.78, 5) is 2.58. The zero-order valence-electron chi connectivity index (χ0n) is 11.4. The Balaban J connectivity index is 0.000000606. The van der Waals surface area contributed by atoms with Gasteiger partial charge in [0.05, 0.1) is 0 Å². The van der Waals surface area contributed by atoms with Crippen LogP contribution in [0, 0.1) is 11.8 Å². The van der Waals surface area contributed by atoms with E-state index in [1.54, 1.807) is 0 Å². The molecule has 0 bridgehead atoms.